The van der Waals surface area contributed by atoms with Gasteiger partial charge in [0.15, 0.2) is 9.84 Å². The van der Waals surface area contributed by atoms with Crippen molar-refractivity contribution in [2.75, 3.05) is 19.3 Å². The number of nitrogens with zero attached hydrogens (tertiary/aromatic N) is 1. The lowest BCUT2D eigenvalue weighted by atomic mass is 9.96. The van der Waals surface area contributed by atoms with Crippen LogP contribution in [0.3, 0.4) is 0 Å². The number of hydrogen-bond acceptors (Lipinski definition) is 7. The molecule has 124 valence electrons. The second-order valence-electron chi connectivity index (χ2n) is 5.89. The monoisotopic (exact) mass is 365 g/mol. The van der Waals surface area contributed by atoms with Crippen LogP contribution in [0, 0.1) is 0 Å². The number of rotatable bonds is 2. The first-order valence-corrected chi connectivity index (χ1v) is 11.0. The lowest BCUT2D eigenvalue weighted by Crippen LogP contribution is -2.59. The van der Waals surface area contributed by atoms with Crippen molar-refractivity contribution in [1.29, 1.82) is 0 Å². The lowest BCUT2D eigenvalue weighted by molar-refractivity contribution is 0.124. The maximum atomic E-state index is 12.5. The second kappa shape index (κ2) is 5.25. The van der Waals surface area contributed by atoms with Gasteiger partial charge in [-0.25, -0.2) is 22.0 Å². The normalized spacial score (nSPS) is 31.5. The molecule has 1 fully saturated rings. The zero-order valence-electron chi connectivity index (χ0n) is 12.3. The van der Waals surface area contributed by atoms with Gasteiger partial charge in [0.05, 0.1) is 11.8 Å². The molecule has 0 radical (unpaired) electrons. The van der Waals surface area contributed by atoms with Crippen molar-refractivity contribution in [3.8, 4) is 0 Å². The maximum Gasteiger partial charge on any atom is 0.247 e. The Balaban J connectivity index is 2.15. The van der Waals surface area contributed by atoms with Crippen molar-refractivity contribution in [1.82, 2.24) is 10.2 Å². The van der Waals surface area contributed by atoms with Crippen LogP contribution >= 0.6 is 11.3 Å². The molecule has 0 spiro atoms. The number of nitrogens with one attached hydrogen (secondary N) is 1. The standard InChI is InChI=1S/C12H19N3O4S3/c1-3-7-5-15(2)9-6-21(16,17)12-8(11(9)14-7)4-10(20-12)22(13,18)19/h4,7,9,11,14H,3,5-6H2,1-2H3,(H2,13,18,19)/t7?,9?,11-/m1/s1. The Bertz CT molecular complexity index is 800. The molecule has 0 aromatic carbocycles. The van der Waals surface area contributed by atoms with Gasteiger partial charge in [0.1, 0.15) is 8.42 Å². The van der Waals surface area contributed by atoms with E-state index in [4.69, 9.17) is 5.14 Å². The molecule has 1 aromatic heterocycles. The van der Waals surface area contributed by atoms with Gasteiger partial charge in [0.25, 0.3) is 0 Å². The van der Waals surface area contributed by atoms with Crippen molar-refractivity contribution in [3.63, 3.8) is 0 Å². The van der Waals surface area contributed by atoms with Gasteiger partial charge in [-0.05, 0) is 19.5 Å². The first-order chi connectivity index (χ1) is 10.1. The summed E-state index contributed by atoms with van der Waals surface area (Å²) in [6.07, 6.45) is 0.918. The van der Waals surface area contributed by atoms with Crippen LogP contribution in [-0.2, 0) is 19.9 Å². The minimum absolute atomic E-state index is 0.00479. The van der Waals surface area contributed by atoms with Crippen LogP contribution in [0.4, 0.5) is 0 Å². The highest BCUT2D eigenvalue weighted by molar-refractivity contribution is 7.95. The van der Waals surface area contributed by atoms with E-state index >= 15 is 0 Å². The summed E-state index contributed by atoms with van der Waals surface area (Å²) in [4.78, 5) is 2.05. The SMILES string of the molecule is CCC1CN(C)C2CS(=O)(=O)c3sc(S(N)(=O)=O)cc3[C@H]2N1. The summed E-state index contributed by atoms with van der Waals surface area (Å²) in [7, 11) is -5.49. The molecule has 10 heteroatoms. The van der Waals surface area contributed by atoms with Crippen LogP contribution in [0.15, 0.2) is 14.5 Å². The van der Waals surface area contributed by atoms with E-state index in [-0.39, 0.29) is 32.3 Å². The topological polar surface area (TPSA) is 110 Å². The van der Waals surface area contributed by atoms with E-state index < -0.39 is 19.9 Å². The minimum Gasteiger partial charge on any atom is -0.304 e. The Labute approximate surface area is 134 Å². The van der Waals surface area contributed by atoms with Gasteiger partial charge in [0.2, 0.25) is 10.0 Å². The van der Waals surface area contributed by atoms with Crippen LogP contribution in [0.25, 0.3) is 0 Å². The number of sulfone groups is 1. The summed E-state index contributed by atoms with van der Waals surface area (Å²) >= 11 is 0.756. The molecule has 2 unspecified atom stereocenters. The molecule has 7 nitrogen and oxygen atoms in total. The van der Waals surface area contributed by atoms with Gasteiger partial charge in [0, 0.05) is 24.2 Å². The smallest absolute Gasteiger partial charge is 0.247 e. The molecule has 0 bridgehead atoms. The first-order valence-electron chi connectivity index (χ1n) is 6.99. The molecule has 3 heterocycles. The average Bonchev–Trinajstić information content (AvgIpc) is 2.86. The lowest BCUT2D eigenvalue weighted by Gasteiger charge is -2.45. The van der Waals surface area contributed by atoms with E-state index in [1.165, 1.54) is 6.07 Å². The molecular formula is C12H19N3O4S3. The van der Waals surface area contributed by atoms with Crippen molar-refractivity contribution in [2.24, 2.45) is 5.14 Å². The van der Waals surface area contributed by atoms with Crippen molar-refractivity contribution < 1.29 is 16.8 Å². The quantitative estimate of drug-likeness (QED) is 0.758. The molecule has 0 amide bonds. The predicted molar refractivity (Wildman–Crippen MR) is 84.1 cm³/mol. The largest absolute Gasteiger partial charge is 0.304 e. The fourth-order valence-electron chi connectivity index (χ4n) is 3.19. The van der Waals surface area contributed by atoms with E-state index in [0.29, 0.717) is 5.56 Å². The van der Waals surface area contributed by atoms with E-state index in [2.05, 4.69) is 12.2 Å². The number of sulfonamides is 1. The minimum atomic E-state index is -3.90. The molecule has 2 aliphatic heterocycles. The highest BCUT2D eigenvalue weighted by Gasteiger charge is 2.45. The molecule has 0 saturated carbocycles. The van der Waals surface area contributed by atoms with Crippen LogP contribution in [0.1, 0.15) is 24.9 Å². The molecular weight excluding hydrogens is 346 g/mol. The zero-order chi connectivity index (χ0) is 16.3. The van der Waals surface area contributed by atoms with Gasteiger partial charge >= 0.3 is 0 Å². The Kier molecular flexibility index (Phi) is 3.90. The van der Waals surface area contributed by atoms with Crippen molar-refractivity contribution in [2.45, 2.75) is 39.9 Å². The summed E-state index contributed by atoms with van der Waals surface area (Å²) in [5, 5.41) is 8.62. The van der Waals surface area contributed by atoms with Crippen LogP contribution in [0.2, 0.25) is 0 Å². The summed E-state index contributed by atoms with van der Waals surface area (Å²) in [5.41, 5.74) is 0.537. The molecule has 3 rings (SSSR count). The number of hydrogen-bond donors (Lipinski definition) is 2. The number of piperazine rings is 1. The fourth-order valence-corrected chi connectivity index (χ4v) is 7.60. The highest BCUT2D eigenvalue weighted by Crippen LogP contribution is 2.42. The van der Waals surface area contributed by atoms with E-state index in [1.54, 1.807) is 0 Å². The van der Waals surface area contributed by atoms with Crippen LogP contribution < -0.4 is 10.5 Å². The predicted octanol–water partition coefficient (Wildman–Crippen LogP) is -0.0939. The van der Waals surface area contributed by atoms with Crippen LogP contribution in [-0.4, -0.2) is 53.2 Å². The van der Waals surface area contributed by atoms with E-state index in [0.717, 1.165) is 24.3 Å². The second-order valence-corrected chi connectivity index (χ2v) is 11.0. The van der Waals surface area contributed by atoms with Gasteiger partial charge in [-0.15, -0.1) is 11.3 Å². The highest BCUT2D eigenvalue weighted by atomic mass is 32.3. The molecule has 22 heavy (non-hydrogen) atoms. The third kappa shape index (κ3) is 2.61. The third-order valence-corrected chi connectivity index (χ3v) is 9.32. The summed E-state index contributed by atoms with van der Waals surface area (Å²) < 4.78 is 48.2. The molecule has 3 N–H and O–H groups in total. The van der Waals surface area contributed by atoms with Crippen LogP contribution in [0.5, 0.6) is 0 Å². The summed E-state index contributed by atoms with van der Waals surface area (Å²) in [6, 6.07) is 1.29. The number of thiophene rings is 1. The van der Waals surface area contributed by atoms with E-state index in [9.17, 15) is 16.8 Å². The number of likely N-dealkylation sites (N-methyl/N-ethyl adjacent to an activating group) is 1. The Morgan fingerprint density at radius 3 is 2.77 bits per heavy atom. The summed E-state index contributed by atoms with van der Waals surface area (Å²) in [5.74, 6) is -0.00479. The van der Waals surface area contributed by atoms with Gasteiger partial charge in [-0.2, -0.15) is 0 Å². The zero-order valence-corrected chi connectivity index (χ0v) is 14.8. The van der Waals surface area contributed by atoms with Crippen molar-refractivity contribution in [3.05, 3.63) is 11.6 Å². The molecule has 0 aliphatic carbocycles. The van der Waals surface area contributed by atoms with Crippen molar-refractivity contribution >= 4 is 31.2 Å². The Morgan fingerprint density at radius 2 is 2.18 bits per heavy atom. The Hall–Kier alpha value is -0.520. The maximum absolute atomic E-state index is 12.5. The fraction of sp³-hybridized carbons (Fsp3) is 0.667. The average molecular weight is 366 g/mol. The van der Waals surface area contributed by atoms with Gasteiger partial charge < -0.3 is 5.32 Å². The van der Waals surface area contributed by atoms with E-state index in [1.807, 2.05) is 11.9 Å². The molecule has 3 atom stereocenters. The third-order valence-electron chi connectivity index (χ3n) is 4.36. The van der Waals surface area contributed by atoms with Gasteiger partial charge in [-0.3, -0.25) is 4.90 Å². The van der Waals surface area contributed by atoms with Gasteiger partial charge in [-0.1, -0.05) is 6.92 Å². The molecule has 2 aliphatic rings. The number of nitrogens with two attached hydrogens (primary N) is 1. The number of primary sulfonamides is 1. The number of fused-ring (bicyclic) bond motifs is 3. The first kappa shape index (κ1) is 16.3. The molecule has 1 saturated heterocycles. The Morgan fingerprint density at radius 1 is 1.50 bits per heavy atom. The summed E-state index contributed by atoms with van der Waals surface area (Å²) in [6.45, 7) is 2.84. The molecule has 1 aromatic rings.